The Bertz CT molecular complexity index is 214. The highest BCUT2D eigenvalue weighted by Crippen LogP contribution is 2.13. The van der Waals surface area contributed by atoms with Crippen molar-refractivity contribution in [2.75, 3.05) is 25.6 Å². The maximum Gasteiger partial charge on any atom is 0.193 e. The second-order valence-electron chi connectivity index (χ2n) is 3.75. The second-order valence-corrected chi connectivity index (χ2v) is 4.85. The first-order valence-electron chi connectivity index (χ1n) is 5.79. The Hall–Kier alpha value is -0.140. The Kier molecular flexibility index (Phi) is 9.76. The van der Waals surface area contributed by atoms with Crippen molar-refractivity contribution in [1.29, 1.82) is 0 Å². The molecule has 0 rings (SSSR count). The zero-order valence-corrected chi connectivity index (χ0v) is 11.5. The van der Waals surface area contributed by atoms with Crippen LogP contribution in [-0.2, 0) is 14.3 Å². The molecule has 102 valence electrons. The van der Waals surface area contributed by atoms with Crippen LogP contribution in [0.2, 0.25) is 0 Å². The van der Waals surface area contributed by atoms with Gasteiger partial charge in [0.15, 0.2) is 11.4 Å². The number of nitrogens with two attached hydrogens (primary N) is 1. The van der Waals surface area contributed by atoms with Gasteiger partial charge in [-0.15, -0.1) is 0 Å². The predicted octanol–water partition coefficient (Wildman–Crippen LogP) is 0.601. The standard InChI is InChI=1S/C11H23NO4S/c1-4-15-10(7-13)16-5-6-17-11(14)8(2)9(3)12/h8-10,13H,4-7,12H2,1-3H3. The minimum atomic E-state index is -0.596. The summed E-state index contributed by atoms with van der Waals surface area (Å²) in [6.45, 7) is 6.14. The largest absolute Gasteiger partial charge is 0.391 e. The highest BCUT2D eigenvalue weighted by molar-refractivity contribution is 8.13. The summed E-state index contributed by atoms with van der Waals surface area (Å²) >= 11 is 1.20. The lowest BCUT2D eigenvalue weighted by molar-refractivity contribution is -0.156. The third kappa shape index (κ3) is 7.72. The number of aliphatic hydroxyl groups is 1. The summed E-state index contributed by atoms with van der Waals surface area (Å²) in [5, 5.41) is 8.96. The highest BCUT2D eigenvalue weighted by Gasteiger charge is 2.17. The van der Waals surface area contributed by atoms with Gasteiger partial charge in [-0.05, 0) is 13.8 Å². The molecule has 3 atom stereocenters. The van der Waals surface area contributed by atoms with Gasteiger partial charge in [0.05, 0.1) is 13.2 Å². The van der Waals surface area contributed by atoms with Gasteiger partial charge in [0.2, 0.25) is 0 Å². The first-order chi connectivity index (χ1) is 8.02. The molecule has 0 aromatic heterocycles. The Balaban J connectivity index is 3.66. The van der Waals surface area contributed by atoms with Crippen LogP contribution in [0, 0.1) is 5.92 Å². The number of rotatable bonds is 9. The zero-order chi connectivity index (χ0) is 13.3. The summed E-state index contributed by atoms with van der Waals surface area (Å²) in [5.41, 5.74) is 5.63. The van der Waals surface area contributed by atoms with Crippen LogP contribution in [0.25, 0.3) is 0 Å². The average molecular weight is 265 g/mol. The summed E-state index contributed by atoms with van der Waals surface area (Å²) in [7, 11) is 0. The molecule has 0 amide bonds. The first kappa shape index (κ1) is 16.9. The molecule has 0 saturated carbocycles. The minimum Gasteiger partial charge on any atom is -0.391 e. The molecule has 5 nitrogen and oxygen atoms in total. The van der Waals surface area contributed by atoms with Gasteiger partial charge in [0.1, 0.15) is 0 Å². The lowest BCUT2D eigenvalue weighted by Crippen LogP contribution is -2.29. The van der Waals surface area contributed by atoms with E-state index in [0.29, 0.717) is 19.0 Å². The molecular weight excluding hydrogens is 242 g/mol. The van der Waals surface area contributed by atoms with E-state index in [2.05, 4.69) is 0 Å². The summed E-state index contributed by atoms with van der Waals surface area (Å²) in [6, 6.07) is -0.135. The van der Waals surface area contributed by atoms with Crippen molar-refractivity contribution < 1.29 is 19.4 Å². The van der Waals surface area contributed by atoms with Gasteiger partial charge in [-0.1, -0.05) is 18.7 Å². The molecule has 0 saturated heterocycles. The maximum atomic E-state index is 11.6. The van der Waals surface area contributed by atoms with Gasteiger partial charge in [0.25, 0.3) is 0 Å². The van der Waals surface area contributed by atoms with E-state index in [1.54, 1.807) is 0 Å². The van der Waals surface area contributed by atoms with Crippen molar-refractivity contribution in [3.8, 4) is 0 Å². The smallest absolute Gasteiger partial charge is 0.193 e. The van der Waals surface area contributed by atoms with Gasteiger partial charge in [-0.25, -0.2) is 0 Å². The maximum absolute atomic E-state index is 11.6. The fourth-order valence-electron chi connectivity index (χ4n) is 1.01. The van der Waals surface area contributed by atoms with Crippen LogP contribution in [-0.4, -0.2) is 48.1 Å². The van der Waals surface area contributed by atoms with Crippen molar-refractivity contribution in [3.05, 3.63) is 0 Å². The molecule has 0 aromatic rings. The fraction of sp³-hybridized carbons (Fsp3) is 0.909. The monoisotopic (exact) mass is 265 g/mol. The number of carbonyl (C=O) groups excluding carboxylic acids is 1. The number of carbonyl (C=O) groups is 1. The van der Waals surface area contributed by atoms with Crippen molar-refractivity contribution in [1.82, 2.24) is 0 Å². The van der Waals surface area contributed by atoms with Crippen LogP contribution >= 0.6 is 11.8 Å². The number of thioether (sulfide) groups is 1. The molecule has 3 N–H and O–H groups in total. The number of hydrogen-bond donors (Lipinski definition) is 2. The van der Waals surface area contributed by atoms with Crippen LogP contribution in [0.15, 0.2) is 0 Å². The lowest BCUT2D eigenvalue weighted by atomic mass is 10.1. The summed E-state index contributed by atoms with van der Waals surface area (Å²) in [4.78, 5) is 11.6. The quantitative estimate of drug-likeness (QED) is 0.469. The van der Waals surface area contributed by atoms with Crippen molar-refractivity contribution in [2.24, 2.45) is 11.7 Å². The van der Waals surface area contributed by atoms with Crippen molar-refractivity contribution in [3.63, 3.8) is 0 Å². The Morgan fingerprint density at radius 3 is 2.53 bits per heavy atom. The van der Waals surface area contributed by atoms with Gasteiger partial charge in [-0.2, -0.15) is 0 Å². The van der Waals surface area contributed by atoms with Gasteiger partial charge >= 0.3 is 0 Å². The van der Waals surface area contributed by atoms with Gasteiger partial charge in [-0.3, -0.25) is 4.79 Å². The number of hydrogen-bond acceptors (Lipinski definition) is 6. The summed E-state index contributed by atoms with van der Waals surface area (Å²) in [5.74, 6) is 0.389. The minimum absolute atomic E-state index is 0.0700. The number of aliphatic hydroxyl groups excluding tert-OH is 1. The Morgan fingerprint density at radius 1 is 1.41 bits per heavy atom. The van der Waals surface area contributed by atoms with E-state index < -0.39 is 6.29 Å². The topological polar surface area (TPSA) is 81.8 Å². The SMILES string of the molecule is CCOC(CO)OCCSC(=O)C(C)C(C)N. The van der Waals surface area contributed by atoms with Crippen molar-refractivity contribution >= 4 is 16.9 Å². The molecule has 0 radical (unpaired) electrons. The zero-order valence-electron chi connectivity index (χ0n) is 10.7. The fourth-order valence-corrected chi connectivity index (χ4v) is 1.87. The average Bonchev–Trinajstić information content (AvgIpc) is 2.31. The predicted molar refractivity (Wildman–Crippen MR) is 68.7 cm³/mol. The molecule has 17 heavy (non-hydrogen) atoms. The van der Waals surface area contributed by atoms with E-state index in [1.165, 1.54) is 11.8 Å². The summed E-state index contributed by atoms with van der Waals surface area (Å²) < 4.78 is 10.3. The van der Waals surface area contributed by atoms with Crippen LogP contribution < -0.4 is 5.73 Å². The van der Waals surface area contributed by atoms with Crippen LogP contribution in [0.4, 0.5) is 0 Å². The molecule has 3 unspecified atom stereocenters. The van der Waals surface area contributed by atoms with Gasteiger partial charge < -0.3 is 20.3 Å². The molecule has 0 heterocycles. The summed E-state index contributed by atoms with van der Waals surface area (Å²) in [6.07, 6.45) is -0.596. The molecule has 0 spiro atoms. The van der Waals surface area contributed by atoms with E-state index in [-0.39, 0.29) is 23.7 Å². The molecule has 0 aliphatic carbocycles. The molecular formula is C11H23NO4S. The van der Waals surface area contributed by atoms with Crippen LogP contribution in [0.3, 0.4) is 0 Å². The Labute approximate surface area is 107 Å². The van der Waals surface area contributed by atoms with E-state index in [9.17, 15) is 4.79 Å². The van der Waals surface area contributed by atoms with Crippen LogP contribution in [0.5, 0.6) is 0 Å². The first-order valence-corrected chi connectivity index (χ1v) is 6.77. The van der Waals surface area contributed by atoms with E-state index in [1.807, 2.05) is 20.8 Å². The molecule has 0 aliphatic heterocycles. The van der Waals surface area contributed by atoms with Crippen molar-refractivity contribution in [2.45, 2.75) is 33.1 Å². The third-order valence-corrected chi connectivity index (χ3v) is 3.32. The number of ether oxygens (including phenoxy) is 2. The van der Waals surface area contributed by atoms with E-state index >= 15 is 0 Å². The van der Waals surface area contributed by atoms with E-state index in [4.69, 9.17) is 20.3 Å². The molecule has 0 aliphatic rings. The van der Waals surface area contributed by atoms with Gasteiger partial charge in [0, 0.05) is 24.3 Å². The molecule has 0 fully saturated rings. The molecule has 0 aromatic carbocycles. The highest BCUT2D eigenvalue weighted by atomic mass is 32.2. The van der Waals surface area contributed by atoms with Crippen LogP contribution in [0.1, 0.15) is 20.8 Å². The van der Waals surface area contributed by atoms with E-state index in [0.717, 1.165) is 0 Å². The lowest BCUT2D eigenvalue weighted by Gasteiger charge is -2.16. The third-order valence-electron chi connectivity index (χ3n) is 2.29. The normalized spacial score (nSPS) is 16.5. The Morgan fingerprint density at radius 2 is 2.06 bits per heavy atom. The molecule has 6 heteroatoms. The molecule has 0 bridgehead atoms. The second kappa shape index (κ2) is 9.85.